The Bertz CT molecular complexity index is 552. The maximum Gasteiger partial charge on any atom is 0.159 e. The van der Waals surface area contributed by atoms with Crippen molar-refractivity contribution in [1.29, 1.82) is 0 Å². The SMILES string of the molecule is Cc1[nH]c(CCO)nc1Cc1ccc(F)c(F)c1. The van der Waals surface area contributed by atoms with Crippen molar-refractivity contribution >= 4 is 0 Å². The number of nitrogens with zero attached hydrogens (tertiary/aromatic N) is 1. The number of rotatable bonds is 4. The molecule has 0 aliphatic carbocycles. The van der Waals surface area contributed by atoms with Gasteiger partial charge in [0.1, 0.15) is 5.82 Å². The minimum Gasteiger partial charge on any atom is -0.396 e. The average Bonchev–Trinajstić information content (AvgIpc) is 2.65. The zero-order valence-corrected chi connectivity index (χ0v) is 10.0. The van der Waals surface area contributed by atoms with Crippen LogP contribution in [0.5, 0.6) is 0 Å². The van der Waals surface area contributed by atoms with Crippen LogP contribution in [0.25, 0.3) is 0 Å². The molecule has 0 atom stereocenters. The van der Waals surface area contributed by atoms with Crippen molar-refractivity contribution in [3.8, 4) is 0 Å². The third-order valence-corrected chi connectivity index (χ3v) is 2.74. The molecule has 2 N–H and O–H groups in total. The van der Waals surface area contributed by atoms with Crippen LogP contribution in [0.15, 0.2) is 18.2 Å². The molecular weight excluding hydrogens is 238 g/mol. The first-order chi connectivity index (χ1) is 8.60. The lowest BCUT2D eigenvalue weighted by atomic mass is 10.1. The molecule has 5 heteroatoms. The molecule has 1 aromatic carbocycles. The van der Waals surface area contributed by atoms with Crippen LogP contribution in [-0.2, 0) is 12.8 Å². The van der Waals surface area contributed by atoms with E-state index in [9.17, 15) is 8.78 Å². The maximum absolute atomic E-state index is 13.1. The van der Waals surface area contributed by atoms with Gasteiger partial charge in [-0.3, -0.25) is 0 Å². The molecule has 0 fully saturated rings. The molecule has 2 rings (SSSR count). The Morgan fingerprint density at radius 3 is 2.72 bits per heavy atom. The molecule has 0 aliphatic rings. The van der Waals surface area contributed by atoms with E-state index >= 15 is 0 Å². The lowest BCUT2D eigenvalue weighted by molar-refractivity contribution is 0.297. The summed E-state index contributed by atoms with van der Waals surface area (Å²) in [6, 6.07) is 3.83. The molecule has 96 valence electrons. The van der Waals surface area contributed by atoms with Crippen LogP contribution in [0.4, 0.5) is 8.78 Å². The van der Waals surface area contributed by atoms with E-state index in [0.29, 0.717) is 24.2 Å². The molecule has 0 spiro atoms. The number of aromatic amines is 1. The van der Waals surface area contributed by atoms with Gasteiger partial charge in [-0.2, -0.15) is 0 Å². The first-order valence-corrected chi connectivity index (χ1v) is 5.69. The van der Waals surface area contributed by atoms with Gasteiger partial charge in [-0.1, -0.05) is 6.07 Å². The number of benzene rings is 1. The molecule has 18 heavy (non-hydrogen) atoms. The van der Waals surface area contributed by atoms with Crippen LogP contribution in [0.2, 0.25) is 0 Å². The predicted molar refractivity (Wildman–Crippen MR) is 63.3 cm³/mol. The molecule has 0 radical (unpaired) electrons. The van der Waals surface area contributed by atoms with Gasteiger partial charge in [0, 0.05) is 18.5 Å². The fraction of sp³-hybridized carbons (Fsp3) is 0.308. The summed E-state index contributed by atoms with van der Waals surface area (Å²) in [5, 5.41) is 8.83. The van der Waals surface area contributed by atoms with E-state index in [2.05, 4.69) is 9.97 Å². The van der Waals surface area contributed by atoms with Crippen molar-refractivity contribution in [2.75, 3.05) is 6.61 Å². The van der Waals surface area contributed by atoms with Crippen LogP contribution in [0.1, 0.15) is 22.8 Å². The normalized spacial score (nSPS) is 10.9. The highest BCUT2D eigenvalue weighted by Crippen LogP contribution is 2.15. The van der Waals surface area contributed by atoms with Crippen LogP contribution >= 0.6 is 0 Å². The van der Waals surface area contributed by atoms with Gasteiger partial charge in [0.15, 0.2) is 11.6 Å². The number of H-pyrrole nitrogens is 1. The third kappa shape index (κ3) is 2.73. The van der Waals surface area contributed by atoms with E-state index in [1.54, 1.807) is 0 Å². The summed E-state index contributed by atoms with van der Waals surface area (Å²) in [5.74, 6) is -0.998. The smallest absolute Gasteiger partial charge is 0.159 e. The van der Waals surface area contributed by atoms with Crippen molar-refractivity contribution in [3.05, 3.63) is 52.6 Å². The van der Waals surface area contributed by atoms with Gasteiger partial charge in [-0.05, 0) is 24.6 Å². The summed E-state index contributed by atoms with van der Waals surface area (Å²) >= 11 is 0. The highest BCUT2D eigenvalue weighted by molar-refractivity contribution is 5.26. The summed E-state index contributed by atoms with van der Waals surface area (Å²) < 4.78 is 25.9. The van der Waals surface area contributed by atoms with Crippen LogP contribution in [0.3, 0.4) is 0 Å². The Morgan fingerprint density at radius 1 is 1.28 bits per heavy atom. The van der Waals surface area contributed by atoms with Gasteiger partial charge in [0.05, 0.1) is 12.3 Å². The first kappa shape index (κ1) is 12.7. The molecule has 0 saturated heterocycles. The summed E-state index contributed by atoms with van der Waals surface area (Å²) in [6.07, 6.45) is 0.892. The molecule has 2 aromatic rings. The second kappa shape index (κ2) is 5.27. The van der Waals surface area contributed by atoms with Crippen molar-refractivity contribution in [3.63, 3.8) is 0 Å². The second-order valence-electron chi connectivity index (χ2n) is 4.15. The van der Waals surface area contributed by atoms with Crippen molar-refractivity contribution in [2.24, 2.45) is 0 Å². The van der Waals surface area contributed by atoms with Crippen molar-refractivity contribution < 1.29 is 13.9 Å². The molecule has 0 unspecified atom stereocenters. The van der Waals surface area contributed by atoms with E-state index in [4.69, 9.17) is 5.11 Å². The highest BCUT2D eigenvalue weighted by Gasteiger charge is 2.09. The maximum atomic E-state index is 13.1. The summed E-state index contributed by atoms with van der Waals surface area (Å²) in [7, 11) is 0. The quantitative estimate of drug-likeness (QED) is 0.875. The number of hydrogen-bond donors (Lipinski definition) is 2. The molecule has 1 aromatic heterocycles. The van der Waals surface area contributed by atoms with Gasteiger partial charge in [-0.25, -0.2) is 13.8 Å². The fourth-order valence-corrected chi connectivity index (χ4v) is 1.80. The Morgan fingerprint density at radius 2 is 2.06 bits per heavy atom. The van der Waals surface area contributed by atoms with Crippen molar-refractivity contribution in [2.45, 2.75) is 19.8 Å². The standard InChI is InChI=1S/C13H14F2N2O/c1-8-12(17-13(16-8)4-5-18)7-9-2-3-10(14)11(15)6-9/h2-3,6,18H,4-5,7H2,1H3,(H,16,17). The van der Waals surface area contributed by atoms with Gasteiger partial charge in [-0.15, -0.1) is 0 Å². The fourth-order valence-electron chi connectivity index (χ4n) is 1.80. The number of aliphatic hydroxyl groups is 1. The Balaban J connectivity index is 2.20. The number of aliphatic hydroxyl groups excluding tert-OH is 1. The van der Waals surface area contributed by atoms with Gasteiger partial charge < -0.3 is 10.1 Å². The monoisotopic (exact) mass is 252 g/mol. The van der Waals surface area contributed by atoms with Crippen LogP contribution < -0.4 is 0 Å². The van der Waals surface area contributed by atoms with Crippen LogP contribution in [-0.4, -0.2) is 21.7 Å². The molecule has 0 saturated carbocycles. The zero-order valence-electron chi connectivity index (χ0n) is 10.0. The Kier molecular flexibility index (Phi) is 3.72. The number of imidazole rings is 1. The van der Waals surface area contributed by atoms with Crippen LogP contribution in [0, 0.1) is 18.6 Å². The second-order valence-corrected chi connectivity index (χ2v) is 4.15. The zero-order chi connectivity index (χ0) is 13.1. The highest BCUT2D eigenvalue weighted by atomic mass is 19.2. The lowest BCUT2D eigenvalue weighted by Gasteiger charge is -2.00. The first-order valence-electron chi connectivity index (χ1n) is 5.69. The van der Waals surface area contributed by atoms with Crippen molar-refractivity contribution in [1.82, 2.24) is 9.97 Å². The average molecular weight is 252 g/mol. The topological polar surface area (TPSA) is 48.9 Å². The Labute approximate surface area is 104 Å². The molecule has 0 bridgehead atoms. The number of hydrogen-bond acceptors (Lipinski definition) is 2. The van der Waals surface area contributed by atoms with Gasteiger partial charge in [0.25, 0.3) is 0 Å². The molecule has 0 amide bonds. The van der Waals surface area contributed by atoms with E-state index in [0.717, 1.165) is 17.5 Å². The number of nitrogens with one attached hydrogen (secondary N) is 1. The lowest BCUT2D eigenvalue weighted by Crippen LogP contribution is -1.95. The molecule has 1 heterocycles. The minimum atomic E-state index is -0.851. The molecular formula is C13H14F2N2O. The number of halogens is 2. The van der Waals surface area contributed by atoms with E-state index in [1.165, 1.54) is 12.1 Å². The number of aromatic nitrogens is 2. The predicted octanol–water partition coefficient (Wildman–Crippen LogP) is 2.12. The Hall–Kier alpha value is -1.75. The summed E-state index contributed by atoms with van der Waals surface area (Å²) in [6.45, 7) is 1.89. The van der Waals surface area contributed by atoms with E-state index in [1.807, 2.05) is 6.92 Å². The summed E-state index contributed by atoms with van der Waals surface area (Å²) in [4.78, 5) is 7.37. The molecule has 3 nitrogen and oxygen atoms in total. The largest absolute Gasteiger partial charge is 0.396 e. The summed E-state index contributed by atoms with van der Waals surface area (Å²) in [5.41, 5.74) is 2.33. The minimum absolute atomic E-state index is 0.0254. The van der Waals surface area contributed by atoms with E-state index in [-0.39, 0.29) is 6.61 Å². The van der Waals surface area contributed by atoms with E-state index < -0.39 is 11.6 Å². The van der Waals surface area contributed by atoms with Gasteiger partial charge in [0.2, 0.25) is 0 Å². The third-order valence-electron chi connectivity index (χ3n) is 2.74. The number of aryl methyl sites for hydroxylation is 1. The molecule has 0 aliphatic heterocycles. The van der Waals surface area contributed by atoms with Gasteiger partial charge >= 0.3 is 0 Å².